The summed E-state index contributed by atoms with van der Waals surface area (Å²) < 4.78 is 2.14. The molecule has 0 saturated heterocycles. The molecule has 0 amide bonds. The average Bonchev–Trinajstić information content (AvgIpc) is 1.89. The normalized spacial score (nSPS) is 9.56. The first-order valence-electron chi connectivity index (χ1n) is 2.92. The number of hydrogen-bond acceptors (Lipinski definition) is 0. The molecular weight excluding hydrogens is 171 g/mol. The van der Waals surface area contributed by atoms with Gasteiger partial charge in [0.1, 0.15) is 0 Å². The van der Waals surface area contributed by atoms with Crippen LogP contribution in [-0.4, -0.2) is 16.5 Å². The molecule has 1 aromatic heterocycles. The maximum absolute atomic E-state index is 2.16. The van der Waals surface area contributed by atoms with Crippen LogP contribution in [0.3, 0.4) is 0 Å². The summed E-state index contributed by atoms with van der Waals surface area (Å²) >= 11 is 2.16. The van der Waals surface area contributed by atoms with Crippen molar-refractivity contribution in [1.29, 1.82) is 0 Å². The molecule has 2 heteroatoms. The Morgan fingerprint density at radius 1 is 1.56 bits per heavy atom. The summed E-state index contributed by atoms with van der Waals surface area (Å²) in [4.78, 5) is 0. The van der Waals surface area contributed by atoms with Crippen molar-refractivity contribution in [1.82, 2.24) is 0 Å². The van der Waals surface area contributed by atoms with E-state index in [9.17, 15) is 0 Å². The minimum atomic E-state index is 1.11. The van der Waals surface area contributed by atoms with Crippen molar-refractivity contribution in [2.24, 2.45) is 7.05 Å². The van der Waals surface area contributed by atoms with Crippen molar-refractivity contribution in [3.63, 3.8) is 0 Å². The second-order valence-electron chi connectivity index (χ2n) is 1.98. The maximum atomic E-state index is 2.16. The summed E-state index contributed by atoms with van der Waals surface area (Å²) in [6.45, 7) is 0. The standard InChI is InChI=1S/C7H9GeN/c1-9-5-3-2-4-7(9)6-8/h2-5H,6H2,1H3/q+1. The molecule has 0 aliphatic heterocycles. The zero-order chi connectivity index (χ0) is 6.69. The van der Waals surface area contributed by atoms with Gasteiger partial charge in [0.2, 0.25) is 0 Å². The molecule has 0 aliphatic carbocycles. The fourth-order valence-electron chi connectivity index (χ4n) is 0.742. The quantitative estimate of drug-likeness (QED) is 0.428. The Labute approximate surface area is 63.9 Å². The van der Waals surface area contributed by atoms with Crippen molar-refractivity contribution >= 4 is 16.5 Å². The van der Waals surface area contributed by atoms with E-state index in [1.54, 1.807) is 0 Å². The van der Waals surface area contributed by atoms with E-state index < -0.39 is 0 Å². The van der Waals surface area contributed by atoms with Gasteiger partial charge in [-0.25, -0.2) is 0 Å². The molecular formula is C7H9GeN+. The van der Waals surface area contributed by atoms with Crippen molar-refractivity contribution in [2.45, 2.75) is 5.25 Å². The van der Waals surface area contributed by atoms with Crippen molar-refractivity contribution in [3.05, 3.63) is 30.1 Å². The number of aryl methyl sites for hydroxylation is 1. The van der Waals surface area contributed by atoms with Crippen LogP contribution in [0.4, 0.5) is 0 Å². The van der Waals surface area contributed by atoms with Crippen molar-refractivity contribution in [2.75, 3.05) is 0 Å². The third kappa shape index (κ3) is 1.55. The summed E-state index contributed by atoms with van der Waals surface area (Å²) in [5, 5.41) is 1.11. The Balaban J connectivity index is 3.01. The molecule has 0 fully saturated rings. The van der Waals surface area contributed by atoms with Crippen LogP contribution in [-0.2, 0) is 12.3 Å². The predicted octanol–water partition coefficient (Wildman–Crippen LogP) is 0.180. The molecule has 1 nitrogen and oxygen atoms in total. The van der Waals surface area contributed by atoms with Crippen LogP contribution in [0.15, 0.2) is 24.4 Å². The number of aromatic nitrogens is 1. The van der Waals surface area contributed by atoms with Gasteiger partial charge in [-0.1, -0.05) is 0 Å². The molecule has 1 aromatic rings. The second-order valence-corrected chi connectivity index (χ2v) is 2.72. The van der Waals surface area contributed by atoms with E-state index >= 15 is 0 Å². The molecule has 1 rings (SSSR count). The molecule has 0 spiro atoms. The Hall–Kier alpha value is -0.307. The van der Waals surface area contributed by atoms with Gasteiger partial charge in [-0.15, -0.1) is 0 Å². The van der Waals surface area contributed by atoms with E-state index in [1.807, 2.05) is 6.07 Å². The molecule has 0 bridgehead atoms. The third-order valence-electron chi connectivity index (χ3n) is 1.34. The molecule has 0 unspecified atom stereocenters. The summed E-state index contributed by atoms with van der Waals surface area (Å²) in [5.74, 6) is 0. The summed E-state index contributed by atoms with van der Waals surface area (Å²) in [5.41, 5.74) is 1.37. The molecule has 0 atom stereocenters. The molecule has 9 heavy (non-hydrogen) atoms. The van der Waals surface area contributed by atoms with Gasteiger partial charge >= 0.3 is 63.5 Å². The fourth-order valence-corrected chi connectivity index (χ4v) is 1.51. The van der Waals surface area contributed by atoms with E-state index in [0.29, 0.717) is 0 Å². The zero-order valence-corrected chi connectivity index (χ0v) is 7.56. The van der Waals surface area contributed by atoms with Gasteiger partial charge in [-0.2, -0.15) is 0 Å². The first kappa shape index (κ1) is 6.81. The van der Waals surface area contributed by atoms with Crippen LogP contribution in [0.25, 0.3) is 0 Å². The van der Waals surface area contributed by atoms with Gasteiger partial charge in [0.25, 0.3) is 0 Å². The van der Waals surface area contributed by atoms with Gasteiger partial charge in [0, 0.05) is 0 Å². The van der Waals surface area contributed by atoms with Crippen LogP contribution in [0.1, 0.15) is 5.69 Å². The van der Waals surface area contributed by atoms with Gasteiger partial charge in [-0.05, 0) is 0 Å². The van der Waals surface area contributed by atoms with Gasteiger partial charge in [0.15, 0.2) is 0 Å². The van der Waals surface area contributed by atoms with E-state index in [1.165, 1.54) is 5.69 Å². The van der Waals surface area contributed by atoms with Crippen LogP contribution < -0.4 is 4.57 Å². The number of hydrogen-bond donors (Lipinski definition) is 0. The van der Waals surface area contributed by atoms with Gasteiger partial charge in [-0.3, -0.25) is 0 Å². The summed E-state index contributed by atoms with van der Waals surface area (Å²) in [7, 11) is 2.07. The summed E-state index contributed by atoms with van der Waals surface area (Å²) in [6, 6.07) is 6.25. The number of rotatable bonds is 1. The monoisotopic (exact) mass is 181 g/mol. The Morgan fingerprint density at radius 3 is 2.78 bits per heavy atom. The van der Waals surface area contributed by atoms with Crippen molar-refractivity contribution in [3.8, 4) is 0 Å². The Morgan fingerprint density at radius 2 is 2.33 bits per heavy atom. The van der Waals surface area contributed by atoms with Crippen LogP contribution >= 0.6 is 0 Å². The molecule has 45 valence electrons. The first-order valence-corrected chi connectivity index (χ1v) is 4.41. The van der Waals surface area contributed by atoms with Crippen molar-refractivity contribution < 1.29 is 4.57 Å². The van der Waals surface area contributed by atoms with E-state index in [2.05, 4.69) is 46.5 Å². The van der Waals surface area contributed by atoms with Gasteiger partial charge in [0.05, 0.1) is 0 Å². The molecule has 0 aliphatic rings. The molecule has 0 N–H and O–H groups in total. The Kier molecular flexibility index (Phi) is 2.28. The topological polar surface area (TPSA) is 3.88 Å². The third-order valence-corrected chi connectivity index (χ3v) is 2.10. The second kappa shape index (κ2) is 3.01. The number of pyridine rings is 1. The fraction of sp³-hybridized carbons (Fsp3) is 0.286. The van der Waals surface area contributed by atoms with Crippen LogP contribution in [0.2, 0.25) is 0 Å². The zero-order valence-electron chi connectivity index (χ0n) is 5.46. The average molecular weight is 180 g/mol. The molecule has 3 radical (unpaired) electrons. The number of nitrogens with zero attached hydrogens (tertiary/aromatic N) is 1. The van der Waals surface area contributed by atoms with Crippen LogP contribution in [0.5, 0.6) is 0 Å². The molecule has 0 saturated carbocycles. The van der Waals surface area contributed by atoms with E-state index in [-0.39, 0.29) is 0 Å². The van der Waals surface area contributed by atoms with E-state index in [4.69, 9.17) is 0 Å². The molecule has 0 aromatic carbocycles. The predicted molar refractivity (Wildman–Crippen MR) is 37.1 cm³/mol. The Bertz CT molecular complexity index is 198. The minimum absolute atomic E-state index is 1.11. The first-order chi connectivity index (χ1) is 4.34. The summed E-state index contributed by atoms with van der Waals surface area (Å²) in [6.07, 6.45) is 2.07. The molecule has 1 heterocycles. The van der Waals surface area contributed by atoms with E-state index in [0.717, 1.165) is 5.25 Å². The van der Waals surface area contributed by atoms with Gasteiger partial charge < -0.3 is 0 Å². The SMILES string of the molecule is C[n+]1ccccc1[CH2][Ge]. The van der Waals surface area contributed by atoms with Crippen LogP contribution in [0, 0.1) is 0 Å².